The molecule has 2 fully saturated rings. The van der Waals surface area contributed by atoms with E-state index >= 15 is 0 Å². The summed E-state index contributed by atoms with van der Waals surface area (Å²) in [5.41, 5.74) is 2.56. The highest BCUT2D eigenvalue weighted by Gasteiger charge is 2.53. The fourth-order valence-corrected chi connectivity index (χ4v) is 6.57. The molecule has 0 radical (unpaired) electrons. The second-order valence-electron chi connectivity index (χ2n) is 14.6. The molecule has 0 unspecified atom stereocenters. The summed E-state index contributed by atoms with van der Waals surface area (Å²) < 4.78 is 37.4. The molecule has 0 atom stereocenters. The van der Waals surface area contributed by atoms with E-state index in [-0.39, 0.29) is 0 Å². The Kier molecular flexibility index (Phi) is 7.76. The van der Waals surface area contributed by atoms with Gasteiger partial charge in [0.05, 0.1) is 29.0 Å². The van der Waals surface area contributed by atoms with Crippen LogP contribution < -0.4 is 16.1 Å². The number of methoxy groups -OCH3 is 2. The molecular weight excluding hydrogens is 550 g/mol. The first-order valence-corrected chi connectivity index (χ1v) is 15.7. The Bertz CT molecular complexity index is 1770. The summed E-state index contributed by atoms with van der Waals surface area (Å²) >= 11 is 0. The van der Waals surface area contributed by atoms with E-state index in [4.69, 9.17) is 28.1 Å². The standard InChI is InChI=1S/C36H46B2O6/c1-22-15-23(21-40-11)16-28-30-20-26(38-43-35(6,7)36(8,9)44-38)18-24-17-25(37-41-33(2,3)34(4,5)42-37)19-29(32(24)30)27(31(22)28)13-12-14-39-10/h13,15-20H,12,14,21H2,1-11H3. The molecule has 4 aromatic rings. The normalized spacial score (nSPS) is 21.0. The van der Waals surface area contributed by atoms with Crippen molar-refractivity contribution in [3.8, 4) is 0 Å². The molecule has 0 aliphatic carbocycles. The van der Waals surface area contributed by atoms with E-state index in [0.717, 1.165) is 28.3 Å². The quantitative estimate of drug-likeness (QED) is 0.118. The molecule has 8 heteroatoms. The Morgan fingerprint density at radius 1 is 0.636 bits per heavy atom. The molecule has 0 amide bonds. The highest BCUT2D eigenvalue weighted by Crippen LogP contribution is 2.40. The minimum atomic E-state index is -0.491. The van der Waals surface area contributed by atoms with E-state index in [2.05, 4.69) is 105 Å². The number of ether oxygens (including phenoxy) is 2. The second-order valence-corrected chi connectivity index (χ2v) is 14.6. The summed E-state index contributed by atoms with van der Waals surface area (Å²) in [4.78, 5) is 0. The van der Waals surface area contributed by atoms with Gasteiger partial charge in [-0.2, -0.15) is 0 Å². The van der Waals surface area contributed by atoms with Gasteiger partial charge in [0.25, 0.3) is 0 Å². The van der Waals surface area contributed by atoms with Gasteiger partial charge in [-0.1, -0.05) is 36.4 Å². The van der Waals surface area contributed by atoms with Crippen LogP contribution in [-0.2, 0) is 34.7 Å². The van der Waals surface area contributed by atoms with Crippen molar-refractivity contribution in [2.45, 2.75) is 97.7 Å². The van der Waals surface area contributed by atoms with E-state index in [1.165, 1.54) is 37.7 Å². The second kappa shape index (κ2) is 10.8. The van der Waals surface area contributed by atoms with Crippen LogP contribution in [0.4, 0.5) is 0 Å². The van der Waals surface area contributed by atoms with Gasteiger partial charge in [-0.15, -0.1) is 0 Å². The summed E-state index contributed by atoms with van der Waals surface area (Å²) in [6, 6.07) is 13.5. The highest BCUT2D eigenvalue weighted by atomic mass is 16.7. The van der Waals surface area contributed by atoms with Crippen molar-refractivity contribution < 1.29 is 28.1 Å². The molecule has 6 nitrogen and oxygen atoms in total. The molecule has 44 heavy (non-hydrogen) atoms. The third-order valence-corrected chi connectivity index (χ3v) is 10.4. The Morgan fingerprint density at radius 3 is 1.64 bits per heavy atom. The average molecular weight is 596 g/mol. The van der Waals surface area contributed by atoms with E-state index in [0.29, 0.717) is 13.2 Å². The predicted octanol–water partition coefficient (Wildman–Crippen LogP) is 5.74. The van der Waals surface area contributed by atoms with Crippen molar-refractivity contribution in [1.29, 1.82) is 0 Å². The largest absolute Gasteiger partial charge is 0.494 e. The number of benzene rings is 4. The third-order valence-electron chi connectivity index (χ3n) is 10.4. The predicted molar refractivity (Wildman–Crippen MR) is 182 cm³/mol. The van der Waals surface area contributed by atoms with Gasteiger partial charge in [-0.25, -0.2) is 0 Å². The molecule has 2 aliphatic rings. The van der Waals surface area contributed by atoms with Crippen LogP contribution in [-0.4, -0.2) is 57.5 Å². The lowest BCUT2D eigenvalue weighted by Gasteiger charge is -2.32. The number of aryl methyl sites for hydroxylation is 1. The lowest BCUT2D eigenvalue weighted by atomic mass is 9.73. The van der Waals surface area contributed by atoms with Crippen LogP contribution in [0, 0.1) is 6.92 Å². The van der Waals surface area contributed by atoms with Gasteiger partial charge < -0.3 is 28.1 Å². The fraction of sp³-hybridized carbons (Fsp3) is 0.500. The van der Waals surface area contributed by atoms with E-state index in [9.17, 15) is 0 Å². The number of hydrogen-bond donors (Lipinski definition) is 0. The molecule has 0 saturated carbocycles. The van der Waals surface area contributed by atoms with Crippen molar-refractivity contribution in [3.05, 3.63) is 52.7 Å². The van der Waals surface area contributed by atoms with Crippen LogP contribution in [0.5, 0.6) is 0 Å². The molecule has 0 spiro atoms. The van der Waals surface area contributed by atoms with Crippen molar-refractivity contribution >= 4 is 63.6 Å². The zero-order valence-electron chi connectivity index (χ0n) is 28.3. The van der Waals surface area contributed by atoms with E-state index < -0.39 is 36.6 Å². The summed E-state index contributed by atoms with van der Waals surface area (Å²) in [7, 11) is 2.51. The van der Waals surface area contributed by atoms with Gasteiger partial charge in [0, 0.05) is 20.8 Å². The number of fused-ring (bicyclic) bond motifs is 2. The van der Waals surface area contributed by atoms with Crippen molar-refractivity contribution in [2.24, 2.45) is 0 Å². The molecule has 2 saturated heterocycles. The first-order chi connectivity index (χ1) is 20.6. The van der Waals surface area contributed by atoms with Gasteiger partial charge >= 0.3 is 14.2 Å². The van der Waals surface area contributed by atoms with Crippen LogP contribution >= 0.6 is 0 Å². The molecule has 0 bridgehead atoms. The zero-order valence-corrected chi connectivity index (χ0v) is 28.3. The Balaban J connectivity index is 1.71. The minimum absolute atomic E-state index is 0.447. The fourth-order valence-electron chi connectivity index (χ4n) is 6.57. The van der Waals surface area contributed by atoms with Crippen LogP contribution in [0.25, 0.3) is 38.4 Å². The van der Waals surface area contributed by atoms with Crippen molar-refractivity contribution in [3.63, 3.8) is 0 Å². The molecule has 0 N–H and O–H groups in total. The molecule has 2 aliphatic heterocycles. The zero-order chi connectivity index (χ0) is 31.8. The van der Waals surface area contributed by atoms with Gasteiger partial charge in [0.1, 0.15) is 0 Å². The van der Waals surface area contributed by atoms with Crippen LogP contribution in [0.1, 0.15) is 72.9 Å². The summed E-state index contributed by atoms with van der Waals surface area (Å²) in [5.74, 6) is 0. The van der Waals surface area contributed by atoms with Crippen LogP contribution in [0.15, 0.2) is 36.4 Å². The van der Waals surface area contributed by atoms with Gasteiger partial charge in [-0.05, 0) is 134 Å². The van der Waals surface area contributed by atoms with Crippen LogP contribution in [0.2, 0.25) is 0 Å². The van der Waals surface area contributed by atoms with E-state index in [1.807, 2.05) is 0 Å². The molecule has 232 valence electrons. The first-order valence-electron chi connectivity index (χ1n) is 15.7. The van der Waals surface area contributed by atoms with Gasteiger partial charge in [0.15, 0.2) is 0 Å². The lowest BCUT2D eigenvalue weighted by molar-refractivity contribution is 0.00578. The maximum atomic E-state index is 6.58. The highest BCUT2D eigenvalue weighted by molar-refractivity contribution is 6.64. The third kappa shape index (κ3) is 5.08. The molecular formula is C36H46B2O6. The van der Waals surface area contributed by atoms with Gasteiger partial charge in [0.2, 0.25) is 0 Å². The monoisotopic (exact) mass is 596 g/mol. The topological polar surface area (TPSA) is 55.4 Å². The Labute approximate surface area is 262 Å². The Morgan fingerprint density at radius 2 is 1.14 bits per heavy atom. The smallest absolute Gasteiger partial charge is 0.399 e. The van der Waals surface area contributed by atoms with Crippen molar-refractivity contribution in [1.82, 2.24) is 0 Å². The summed E-state index contributed by atoms with van der Waals surface area (Å²) in [6.45, 7) is 20.2. The van der Waals surface area contributed by atoms with Crippen molar-refractivity contribution in [2.75, 3.05) is 20.8 Å². The maximum Gasteiger partial charge on any atom is 0.494 e. The van der Waals surface area contributed by atoms with Crippen LogP contribution in [0.3, 0.4) is 0 Å². The average Bonchev–Trinajstić information content (AvgIpc) is 3.29. The first kappa shape index (κ1) is 31.5. The SMILES string of the molecule is COCCC=c1c2cc(B3OC(C)(C)C(C)(C)O3)cc3cc(B4OC(C)(C)C(C)(C)O4)cc(c4cc(COC)cc(C)c14)c32. The van der Waals surface area contributed by atoms with E-state index in [1.54, 1.807) is 14.2 Å². The molecule has 0 aromatic heterocycles. The van der Waals surface area contributed by atoms with Gasteiger partial charge in [-0.3, -0.25) is 0 Å². The molecule has 4 aromatic carbocycles. The number of hydrogen-bond acceptors (Lipinski definition) is 6. The summed E-state index contributed by atoms with van der Waals surface area (Å²) in [5, 5.41) is 8.28. The molecule has 2 heterocycles. The Hall–Kier alpha value is -2.45. The summed E-state index contributed by atoms with van der Waals surface area (Å²) in [6.07, 6.45) is 3.12. The minimum Gasteiger partial charge on any atom is -0.399 e. The number of rotatable bonds is 7. The molecule has 6 rings (SSSR count). The maximum absolute atomic E-state index is 6.58. The lowest BCUT2D eigenvalue weighted by Crippen LogP contribution is -2.41.